The molecule has 1 unspecified atom stereocenters. The molecule has 1 saturated heterocycles. The molecule has 1 aromatic carbocycles. The van der Waals surface area contributed by atoms with E-state index in [1.807, 2.05) is 19.1 Å². The Morgan fingerprint density at radius 3 is 2.65 bits per heavy atom. The number of amides is 1. The number of likely N-dealkylation sites (tertiary alicyclic amines) is 1. The molecule has 1 fully saturated rings. The summed E-state index contributed by atoms with van der Waals surface area (Å²) in [5, 5.41) is 9.48. The smallest absolute Gasteiger partial charge is 0.329 e. The highest BCUT2D eigenvalue weighted by molar-refractivity contribution is 9.10. The van der Waals surface area contributed by atoms with Gasteiger partial charge in [-0.15, -0.1) is 0 Å². The number of halogens is 1. The first-order valence-electron chi connectivity index (χ1n) is 6.68. The van der Waals surface area contributed by atoms with E-state index in [-0.39, 0.29) is 5.91 Å². The lowest BCUT2D eigenvalue weighted by Gasteiger charge is -2.41. The second-order valence-electron chi connectivity index (χ2n) is 5.45. The Morgan fingerprint density at radius 1 is 1.35 bits per heavy atom. The summed E-state index contributed by atoms with van der Waals surface area (Å²) in [5.74, 6) is -1.13. The monoisotopic (exact) mass is 339 g/mol. The van der Waals surface area contributed by atoms with Crippen LogP contribution in [-0.4, -0.2) is 34.0 Å². The lowest BCUT2D eigenvalue weighted by atomic mass is 9.87. The van der Waals surface area contributed by atoms with E-state index < -0.39 is 11.5 Å². The van der Waals surface area contributed by atoms with Crippen molar-refractivity contribution < 1.29 is 14.7 Å². The van der Waals surface area contributed by atoms with E-state index in [1.165, 1.54) is 4.90 Å². The van der Waals surface area contributed by atoms with E-state index in [0.29, 0.717) is 18.5 Å². The van der Waals surface area contributed by atoms with Crippen molar-refractivity contribution >= 4 is 27.8 Å². The molecule has 4 nitrogen and oxygen atoms in total. The van der Waals surface area contributed by atoms with Crippen molar-refractivity contribution in [2.45, 2.75) is 38.6 Å². The van der Waals surface area contributed by atoms with E-state index in [1.54, 1.807) is 13.0 Å². The molecule has 1 heterocycles. The van der Waals surface area contributed by atoms with Gasteiger partial charge in [0.15, 0.2) is 0 Å². The number of carboxylic acids is 1. The van der Waals surface area contributed by atoms with E-state index in [2.05, 4.69) is 15.9 Å². The predicted octanol–water partition coefficient (Wildman–Crippen LogP) is 3.23. The van der Waals surface area contributed by atoms with E-state index in [9.17, 15) is 14.7 Å². The molecule has 1 aliphatic heterocycles. The third kappa shape index (κ3) is 2.59. The van der Waals surface area contributed by atoms with Crippen molar-refractivity contribution in [3.63, 3.8) is 0 Å². The van der Waals surface area contributed by atoms with Crippen molar-refractivity contribution in [3.05, 3.63) is 33.8 Å². The number of benzene rings is 1. The van der Waals surface area contributed by atoms with Gasteiger partial charge in [0, 0.05) is 16.6 Å². The van der Waals surface area contributed by atoms with Crippen LogP contribution < -0.4 is 0 Å². The number of piperidine rings is 1. The van der Waals surface area contributed by atoms with Gasteiger partial charge in [0.1, 0.15) is 5.54 Å². The molecular formula is C15H18BrNO3. The van der Waals surface area contributed by atoms with Crippen molar-refractivity contribution in [2.24, 2.45) is 0 Å². The number of hydrogen-bond donors (Lipinski definition) is 1. The lowest BCUT2D eigenvalue weighted by Crippen LogP contribution is -2.57. The van der Waals surface area contributed by atoms with Crippen LogP contribution in [0.25, 0.3) is 0 Å². The molecule has 0 spiro atoms. The Kier molecular flexibility index (Phi) is 4.18. The van der Waals surface area contributed by atoms with Crippen molar-refractivity contribution in [1.29, 1.82) is 0 Å². The topological polar surface area (TPSA) is 57.6 Å². The summed E-state index contributed by atoms with van der Waals surface area (Å²) in [7, 11) is 0. The number of aliphatic carboxylic acids is 1. The van der Waals surface area contributed by atoms with E-state index in [4.69, 9.17) is 0 Å². The second kappa shape index (κ2) is 5.56. The molecule has 1 aliphatic rings. The van der Waals surface area contributed by atoms with Crippen LogP contribution in [0.2, 0.25) is 0 Å². The first-order valence-corrected chi connectivity index (χ1v) is 7.47. The fourth-order valence-electron chi connectivity index (χ4n) is 2.68. The van der Waals surface area contributed by atoms with Crippen molar-refractivity contribution in [3.8, 4) is 0 Å². The number of aryl methyl sites for hydroxylation is 1. The fourth-order valence-corrected chi connectivity index (χ4v) is 3.16. The SMILES string of the molecule is Cc1cc(Br)ccc1C(=O)N1CCCCC1(C)C(=O)O. The third-order valence-electron chi connectivity index (χ3n) is 4.02. The summed E-state index contributed by atoms with van der Waals surface area (Å²) in [6.45, 7) is 4.00. The van der Waals surface area contributed by atoms with Crippen LogP contribution in [0, 0.1) is 6.92 Å². The summed E-state index contributed by atoms with van der Waals surface area (Å²) in [6.07, 6.45) is 2.19. The zero-order chi connectivity index (χ0) is 14.9. The number of carboxylic acid groups (broad SMARTS) is 1. The van der Waals surface area contributed by atoms with Crippen LogP contribution in [0.3, 0.4) is 0 Å². The molecule has 20 heavy (non-hydrogen) atoms. The highest BCUT2D eigenvalue weighted by atomic mass is 79.9. The maximum Gasteiger partial charge on any atom is 0.329 e. The van der Waals surface area contributed by atoms with Gasteiger partial charge in [-0.3, -0.25) is 4.79 Å². The molecule has 0 aromatic heterocycles. The minimum Gasteiger partial charge on any atom is -0.480 e. The summed E-state index contributed by atoms with van der Waals surface area (Å²) < 4.78 is 0.909. The minimum absolute atomic E-state index is 0.195. The normalized spacial score (nSPS) is 22.6. The number of nitrogens with zero attached hydrogens (tertiary/aromatic N) is 1. The molecule has 0 saturated carbocycles. The maximum absolute atomic E-state index is 12.7. The molecule has 0 radical (unpaired) electrons. The number of hydrogen-bond acceptors (Lipinski definition) is 2. The quantitative estimate of drug-likeness (QED) is 0.899. The van der Waals surface area contributed by atoms with Crippen LogP contribution in [-0.2, 0) is 4.79 Å². The molecule has 108 valence electrons. The van der Waals surface area contributed by atoms with Crippen molar-refractivity contribution in [2.75, 3.05) is 6.54 Å². The molecule has 1 aromatic rings. The van der Waals surface area contributed by atoms with E-state index >= 15 is 0 Å². The number of carbonyl (C=O) groups excluding carboxylic acids is 1. The summed E-state index contributed by atoms with van der Waals surface area (Å²) in [5.41, 5.74) is 0.319. The number of carbonyl (C=O) groups is 2. The van der Waals surface area contributed by atoms with E-state index in [0.717, 1.165) is 22.9 Å². The largest absolute Gasteiger partial charge is 0.480 e. The second-order valence-corrected chi connectivity index (χ2v) is 6.37. The Labute approximate surface area is 126 Å². The zero-order valence-electron chi connectivity index (χ0n) is 11.6. The Bertz CT molecular complexity index is 558. The minimum atomic E-state index is -1.10. The van der Waals surface area contributed by atoms with Crippen LogP contribution in [0.4, 0.5) is 0 Å². The van der Waals surface area contributed by atoms with Crippen LogP contribution in [0.1, 0.15) is 42.1 Å². The van der Waals surface area contributed by atoms with Crippen molar-refractivity contribution in [1.82, 2.24) is 4.90 Å². The van der Waals surface area contributed by atoms with Gasteiger partial charge in [0.25, 0.3) is 5.91 Å². The van der Waals surface area contributed by atoms with Crippen LogP contribution in [0.5, 0.6) is 0 Å². The molecule has 2 rings (SSSR count). The van der Waals surface area contributed by atoms with Crippen LogP contribution in [0.15, 0.2) is 22.7 Å². The number of rotatable bonds is 2. The van der Waals surface area contributed by atoms with Gasteiger partial charge < -0.3 is 10.0 Å². The van der Waals surface area contributed by atoms with Gasteiger partial charge in [-0.25, -0.2) is 4.79 Å². The summed E-state index contributed by atoms with van der Waals surface area (Å²) >= 11 is 3.37. The highest BCUT2D eigenvalue weighted by Gasteiger charge is 2.44. The Hall–Kier alpha value is -1.36. The molecule has 0 bridgehead atoms. The van der Waals surface area contributed by atoms with Gasteiger partial charge in [-0.1, -0.05) is 15.9 Å². The Morgan fingerprint density at radius 2 is 2.05 bits per heavy atom. The first-order chi connectivity index (χ1) is 9.36. The highest BCUT2D eigenvalue weighted by Crippen LogP contribution is 2.30. The van der Waals surface area contributed by atoms with Gasteiger partial charge >= 0.3 is 5.97 Å². The fraction of sp³-hybridized carbons (Fsp3) is 0.467. The molecule has 0 aliphatic carbocycles. The Balaban J connectivity index is 2.37. The molecule has 5 heteroatoms. The summed E-state index contributed by atoms with van der Waals surface area (Å²) in [6, 6.07) is 5.43. The van der Waals surface area contributed by atoms with Gasteiger partial charge in [-0.05, 0) is 56.9 Å². The average molecular weight is 340 g/mol. The predicted molar refractivity (Wildman–Crippen MR) is 79.8 cm³/mol. The summed E-state index contributed by atoms with van der Waals surface area (Å²) in [4.78, 5) is 25.8. The van der Waals surface area contributed by atoms with Crippen LogP contribution >= 0.6 is 15.9 Å². The first kappa shape index (κ1) is 15.0. The third-order valence-corrected chi connectivity index (χ3v) is 4.51. The molecular weight excluding hydrogens is 322 g/mol. The molecule has 1 atom stereocenters. The van der Waals surface area contributed by atoms with Gasteiger partial charge in [-0.2, -0.15) is 0 Å². The lowest BCUT2D eigenvalue weighted by molar-refractivity contribution is -0.150. The molecule has 1 N–H and O–H groups in total. The molecule has 1 amide bonds. The van der Waals surface area contributed by atoms with Gasteiger partial charge in [0.05, 0.1) is 0 Å². The maximum atomic E-state index is 12.7. The zero-order valence-corrected chi connectivity index (χ0v) is 13.2. The van der Waals surface area contributed by atoms with Gasteiger partial charge in [0.2, 0.25) is 0 Å². The standard InChI is InChI=1S/C15H18BrNO3/c1-10-9-11(16)5-6-12(10)13(18)17-8-4-3-7-15(17,2)14(19)20/h5-6,9H,3-4,7-8H2,1-2H3,(H,19,20). The average Bonchev–Trinajstić information content (AvgIpc) is 2.38.